The van der Waals surface area contributed by atoms with Gasteiger partial charge in [-0.25, -0.2) is 4.90 Å². The molecule has 0 unspecified atom stereocenters. The number of hydrogen-bond acceptors (Lipinski definition) is 3. The van der Waals surface area contributed by atoms with Gasteiger partial charge in [-0.2, -0.15) is 0 Å². The summed E-state index contributed by atoms with van der Waals surface area (Å²) in [5, 5.41) is 0. The van der Waals surface area contributed by atoms with E-state index in [1.807, 2.05) is 80.7 Å². The van der Waals surface area contributed by atoms with E-state index in [9.17, 15) is 9.59 Å². The van der Waals surface area contributed by atoms with Gasteiger partial charge in [-0.3, -0.25) is 14.6 Å². The number of rotatable bonds is 3. The minimum absolute atomic E-state index is 0.124. The zero-order valence-electron chi connectivity index (χ0n) is 20.8. The van der Waals surface area contributed by atoms with Crippen molar-refractivity contribution in [3.05, 3.63) is 130 Å². The highest BCUT2D eigenvalue weighted by Crippen LogP contribution is 2.60. The van der Waals surface area contributed by atoms with Crippen molar-refractivity contribution in [2.24, 2.45) is 16.8 Å². The van der Waals surface area contributed by atoms with E-state index in [0.717, 1.165) is 39.1 Å². The number of carbonyl (C=O) groups is 2. The van der Waals surface area contributed by atoms with E-state index in [4.69, 9.17) is 4.99 Å². The van der Waals surface area contributed by atoms with Crippen LogP contribution in [0.5, 0.6) is 0 Å². The van der Waals surface area contributed by atoms with E-state index in [2.05, 4.69) is 36.4 Å². The van der Waals surface area contributed by atoms with Gasteiger partial charge in [0.05, 0.1) is 28.6 Å². The van der Waals surface area contributed by atoms with Gasteiger partial charge in [0.15, 0.2) is 0 Å². The Hall–Kier alpha value is -4.31. The molecule has 4 nitrogen and oxygen atoms in total. The lowest BCUT2D eigenvalue weighted by Gasteiger charge is -2.48. The predicted molar refractivity (Wildman–Crippen MR) is 145 cm³/mol. The van der Waals surface area contributed by atoms with E-state index < -0.39 is 17.3 Å². The molecule has 4 aromatic carbocycles. The second-order valence-electron chi connectivity index (χ2n) is 10.5. The van der Waals surface area contributed by atoms with Gasteiger partial charge in [-0.05, 0) is 59.9 Å². The number of para-hydroxylation sites is 1. The van der Waals surface area contributed by atoms with Crippen molar-refractivity contribution in [1.82, 2.24) is 0 Å². The first kappa shape index (κ1) is 21.9. The van der Waals surface area contributed by atoms with Crippen LogP contribution in [-0.2, 0) is 15.0 Å². The normalized spacial score (nSPS) is 25.4. The second-order valence-corrected chi connectivity index (χ2v) is 10.5. The summed E-state index contributed by atoms with van der Waals surface area (Å²) in [6.07, 6.45) is 1.94. The average molecular weight is 483 g/mol. The average Bonchev–Trinajstić information content (AvgIpc) is 3.15. The SMILES string of the molecule is Cc1ccc(N2C(=O)[C@@H]3[C@H]4c5ccc(cc5)[C@@](C=Nc5ccccc5)(c5ccccc54)[C@H]3C2=O)c(C)c1. The van der Waals surface area contributed by atoms with Gasteiger partial charge in [0, 0.05) is 12.1 Å². The molecular weight excluding hydrogens is 456 g/mol. The van der Waals surface area contributed by atoms with Crippen molar-refractivity contribution in [2.75, 3.05) is 4.90 Å². The fourth-order valence-electron chi connectivity index (χ4n) is 6.91. The van der Waals surface area contributed by atoms with Crippen LogP contribution in [0.2, 0.25) is 0 Å². The fourth-order valence-corrected chi connectivity index (χ4v) is 6.91. The van der Waals surface area contributed by atoms with Crippen LogP contribution in [0.25, 0.3) is 0 Å². The van der Waals surface area contributed by atoms with Crippen LogP contribution in [0.15, 0.2) is 102 Å². The topological polar surface area (TPSA) is 49.7 Å². The molecule has 6 aliphatic rings. The molecule has 2 amide bonds. The van der Waals surface area contributed by atoms with Crippen molar-refractivity contribution in [2.45, 2.75) is 25.2 Å². The summed E-state index contributed by atoms with van der Waals surface area (Å²) in [6, 6.07) is 32.4. The Kier molecular flexibility index (Phi) is 4.65. The lowest BCUT2D eigenvalue weighted by atomic mass is 9.52. The first-order valence-corrected chi connectivity index (χ1v) is 12.8. The molecule has 10 rings (SSSR count). The third kappa shape index (κ3) is 2.93. The number of carbonyl (C=O) groups excluding carboxylic acids is 2. The molecular formula is C33H26N2O2. The zero-order valence-corrected chi connectivity index (χ0v) is 20.8. The Morgan fingerprint density at radius 3 is 2.30 bits per heavy atom. The highest BCUT2D eigenvalue weighted by Gasteiger charge is 2.65. The molecule has 4 atom stereocenters. The van der Waals surface area contributed by atoms with Crippen molar-refractivity contribution in [1.29, 1.82) is 0 Å². The van der Waals surface area contributed by atoms with Gasteiger partial charge in [0.25, 0.3) is 0 Å². The highest BCUT2D eigenvalue weighted by atomic mass is 16.2. The first-order valence-electron chi connectivity index (χ1n) is 12.8. The molecule has 4 bridgehead atoms. The molecule has 1 fully saturated rings. The molecule has 0 saturated carbocycles. The largest absolute Gasteiger partial charge is 0.274 e. The van der Waals surface area contributed by atoms with Crippen molar-refractivity contribution in [3.8, 4) is 0 Å². The molecule has 1 saturated heterocycles. The Bertz CT molecular complexity index is 1610. The maximum absolute atomic E-state index is 14.5. The lowest BCUT2D eigenvalue weighted by molar-refractivity contribution is -0.122. The second kappa shape index (κ2) is 7.84. The number of benzene rings is 4. The van der Waals surface area contributed by atoms with Gasteiger partial charge in [0.1, 0.15) is 0 Å². The van der Waals surface area contributed by atoms with Gasteiger partial charge in [0.2, 0.25) is 11.8 Å². The Labute approximate surface area is 216 Å². The summed E-state index contributed by atoms with van der Waals surface area (Å²) in [5.41, 5.74) is 6.87. The third-order valence-corrected chi connectivity index (χ3v) is 8.46. The molecule has 0 spiro atoms. The molecule has 0 N–H and O–H groups in total. The number of hydrogen-bond donors (Lipinski definition) is 0. The Morgan fingerprint density at radius 2 is 1.54 bits per heavy atom. The van der Waals surface area contributed by atoms with E-state index in [-0.39, 0.29) is 17.7 Å². The number of aryl methyl sites for hydroxylation is 2. The van der Waals surface area contributed by atoms with Crippen molar-refractivity contribution < 1.29 is 9.59 Å². The van der Waals surface area contributed by atoms with Gasteiger partial charge < -0.3 is 0 Å². The molecule has 4 heteroatoms. The summed E-state index contributed by atoms with van der Waals surface area (Å²) >= 11 is 0. The molecule has 180 valence electrons. The first-order chi connectivity index (χ1) is 18.0. The van der Waals surface area contributed by atoms with Gasteiger partial charge in [-0.15, -0.1) is 0 Å². The summed E-state index contributed by atoms with van der Waals surface area (Å²) in [5.74, 6) is -1.57. The van der Waals surface area contributed by atoms with Crippen molar-refractivity contribution in [3.63, 3.8) is 0 Å². The molecule has 0 radical (unpaired) electrons. The molecule has 1 aliphatic heterocycles. The molecule has 1 heterocycles. The van der Waals surface area contributed by atoms with Crippen LogP contribution in [0.3, 0.4) is 0 Å². The summed E-state index contributed by atoms with van der Waals surface area (Å²) in [4.78, 5) is 35.2. The molecule has 4 aromatic rings. The van der Waals surface area contributed by atoms with Crippen LogP contribution >= 0.6 is 0 Å². The quantitative estimate of drug-likeness (QED) is 0.256. The number of anilines is 1. The lowest BCUT2D eigenvalue weighted by Crippen LogP contribution is -2.51. The van der Waals surface area contributed by atoms with Crippen LogP contribution in [-0.4, -0.2) is 18.0 Å². The minimum Gasteiger partial charge on any atom is -0.274 e. The maximum Gasteiger partial charge on any atom is 0.239 e. The highest BCUT2D eigenvalue weighted by molar-refractivity contribution is 6.25. The van der Waals surface area contributed by atoms with Crippen LogP contribution in [0, 0.1) is 25.7 Å². The van der Waals surface area contributed by atoms with Crippen LogP contribution < -0.4 is 4.90 Å². The van der Waals surface area contributed by atoms with Gasteiger partial charge >= 0.3 is 0 Å². The van der Waals surface area contributed by atoms with Crippen LogP contribution in [0.1, 0.15) is 39.3 Å². The monoisotopic (exact) mass is 482 g/mol. The standard InChI is InChI=1S/C33H26N2O2/c1-20-12-17-27(21(2)18-20)35-31(36)29-28-22-13-15-23(16-14-22)33(30(29)32(35)37,26-11-7-6-10-25(26)28)19-34-24-8-4-3-5-9-24/h3-19,28-30H,1-2H3/t28-,29+,30+,33-/m0/s1. The molecule has 37 heavy (non-hydrogen) atoms. The predicted octanol–water partition coefficient (Wildman–Crippen LogP) is 6.26. The summed E-state index contributed by atoms with van der Waals surface area (Å²) in [7, 11) is 0. The number of aliphatic imine (C=N–C) groups is 1. The zero-order chi connectivity index (χ0) is 25.3. The molecule has 0 aromatic heterocycles. The summed E-state index contributed by atoms with van der Waals surface area (Å²) < 4.78 is 0. The third-order valence-electron chi connectivity index (χ3n) is 8.46. The fraction of sp³-hybridized carbons (Fsp3) is 0.182. The number of amides is 2. The summed E-state index contributed by atoms with van der Waals surface area (Å²) in [6.45, 7) is 3.99. The van der Waals surface area contributed by atoms with Crippen molar-refractivity contribution >= 4 is 29.4 Å². The van der Waals surface area contributed by atoms with E-state index in [1.54, 1.807) is 0 Å². The number of imide groups is 1. The Morgan fingerprint density at radius 1 is 0.811 bits per heavy atom. The van der Waals surface area contributed by atoms with Crippen LogP contribution in [0.4, 0.5) is 11.4 Å². The van der Waals surface area contributed by atoms with E-state index in [1.165, 1.54) is 4.90 Å². The van der Waals surface area contributed by atoms with Gasteiger partial charge in [-0.1, -0.05) is 84.4 Å². The molecule has 5 aliphatic carbocycles. The smallest absolute Gasteiger partial charge is 0.239 e. The van der Waals surface area contributed by atoms with E-state index >= 15 is 0 Å². The maximum atomic E-state index is 14.5. The van der Waals surface area contributed by atoms with E-state index in [0.29, 0.717) is 5.69 Å². The minimum atomic E-state index is -0.868. The Balaban J connectivity index is 1.52. The number of nitrogens with zero attached hydrogens (tertiary/aromatic N) is 2.